The lowest BCUT2D eigenvalue weighted by Crippen LogP contribution is -1.91. The van der Waals surface area contributed by atoms with Crippen LogP contribution in [0, 0.1) is 0 Å². The number of nitrogens with zero attached hydrogens (tertiary/aromatic N) is 1. The Hall–Kier alpha value is -0.610. The van der Waals surface area contributed by atoms with E-state index >= 15 is 0 Å². The van der Waals surface area contributed by atoms with E-state index in [4.69, 9.17) is 4.18 Å². The molecule has 0 saturated carbocycles. The van der Waals surface area contributed by atoms with E-state index in [2.05, 4.69) is 27.2 Å². The first-order valence-corrected chi connectivity index (χ1v) is 6.92. The fourth-order valence-corrected chi connectivity index (χ4v) is 2.68. The first-order chi connectivity index (χ1) is 7.29. The van der Waals surface area contributed by atoms with Gasteiger partial charge in [-0.25, -0.2) is 0 Å². The molecule has 0 aliphatic carbocycles. The SMILES string of the molecule is CCCS1=NC(c2ccc(Br)cc2)=CO1. The smallest absolute Gasteiger partial charge is 0.129 e. The number of hydrogen-bond acceptors (Lipinski definition) is 2. The molecule has 0 N–H and O–H groups in total. The first-order valence-electron chi connectivity index (χ1n) is 4.85. The minimum Gasteiger partial charge on any atom is -0.422 e. The van der Waals surface area contributed by atoms with Gasteiger partial charge >= 0.3 is 0 Å². The van der Waals surface area contributed by atoms with Crippen LogP contribution in [0.1, 0.15) is 18.9 Å². The highest BCUT2D eigenvalue weighted by Gasteiger charge is 2.09. The van der Waals surface area contributed by atoms with Gasteiger partial charge in [0.1, 0.15) is 12.0 Å². The average molecular weight is 286 g/mol. The van der Waals surface area contributed by atoms with Gasteiger partial charge in [0.2, 0.25) is 0 Å². The third-order valence-electron chi connectivity index (χ3n) is 1.99. The summed E-state index contributed by atoms with van der Waals surface area (Å²) in [7, 11) is -0.243. The van der Waals surface area contributed by atoms with Gasteiger partial charge in [0.15, 0.2) is 0 Å². The Morgan fingerprint density at radius 2 is 2.07 bits per heavy atom. The maximum absolute atomic E-state index is 5.48. The molecular formula is C11H12BrNOS. The van der Waals surface area contributed by atoms with Crippen molar-refractivity contribution >= 4 is 32.6 Å². The molecule has 2 nitrogen and oxygen atoms in total. The maximum atomic E-state index is 5.48. The molecule has 0 spiro atoms. The number of halogens is 1. The molecule has 1 atom stereocenters. The molecule has 80 valence electrons. The summed E-state index contributed by atoms with van der Waals surface area (Å²) >= 11 is 3.41. The lowest BCUT2D eigenvalue weighted by molar-refractivity contribution is 0.564. The second kappa shape index (κ2) is 4.94. The molecule has 0 saturated heterocycles. The fourth-order valence-electron chi connectivity index (χ4n) is 1.26. The molecule has 1 unspecified atom stereocenters. The first kappa shape index (κ1) is 10.9. The molecule has 1 aliphatic heterocycles. The van der Waals surface area contributed by atoms with Gasteiger partial charge < -0.3 is 4.18 Å². The Bertz CT molecular complexity index is 411. The van der Waals surface area contributed by atoms with E-state index in [1.54, 1.807) is 6.26 Å². The van der Waals surface area contributed by atoms with Gasteiger partial charge in [0.05, 0.1) is 11.0 Å². The molecule has 0 amide bonds. The summed E-state index contributed by atoms with van der Waals surface area (Å²) in [6.45, 7) is 2.14. The number of benzene rings is 1. The number of rotatable bonds is 3. The van der Waals surface area contributed by atoms with Crippen molar-refractivity contribution in [2.24, 2.45) is 4.36 Å². The van der Waals surface area contributed by atoms with E-state index in [1.807, 2.05) is 24.3 Å². The van der Waals surface area contributed by atoms with Crippen LogP contribution >= 0.6 is 15.9 Å². The standard InChI is InChI=1S/C11H12BrNOS/c1-2-7-15-13-11(8-14-15)9-3-5-10(12)6-4-9/h3-6,8H,2,7H2,1H3. The van der Waals surface area contributed by atoms with E-state index < -0.39 is 0 Å². The molecule has 1 aromatic carbocycles. The topological polar surface area (TPSA) is 21.6 Å². The minimum absolute atomic E-state index is 0.243. The molecule has 2 rings (SSSR count). The van der Waals surface area contributed by atoms with Crippen LogP contribution in [0.4, 0.5) is 0 Å². The third kappa shape index (κ3) is 2.69. The number of hydrogen-bond donors (Lipinski definition) is 0. The molecule has 1 aliphatic rings. The Morgan fingerprint density at radius 3 is 2.73 bits per heavy atom. The van der Waals surface area contributed by atoms with Crippen LogP contribution in [-0.2, 0) is 15.2 Å². The molecule has 0 fully saturated rings. The van der Waals surface area contributed by atoms with Crippen molar-refractivity contribution < 1.29 is 4.18 Å². The maximum Gasteiger partial charge on any atom is 0.129 e. The highest BCUT2D eigenvalue weighted by Crippen LogP contribution is 2.24. The molecule has 0 radical (unpaired) electrons. The van der Waals surface area contributed by atoms with Gasteiger partial charge in [-0.3, -0.25) is 0 Å². The van der Waals surface area contributed by atoms with Crippen molar-refractivity contribution in [1.82, 2.24) is 0 Å². The minimum atomic E-state index is -0.243. The summed E-state index contributed by atoms with van der Waals surface area (Å²) in [6.07, 6.45) is 2.87. The summed E-state index contributed by atoms with van der Waals surface area (Å²) in [5, 5.41) is 0. The van der Waals surface area contributed by atoms with Crippen LogP contribution < -0.4 is 0 Å². The Labute approximate surface area is 101 Å². The van der Waals surface area contributed by atoms with Crippen molar-refractivity contribution in [1.29, 1.82) is 0 Å². The zero-order valence-corrected chi connectivity index (χ0v) is 10.8. The van der Waals surface area contributed by atoms with Crippen LogP contribution in [0.15, 0.2) is 39.4 Å². The Kier molecular flexibility index (Phi) is 3.59. The second-order valence-corrected chi connectivity index (χ2v) is 5.57. The van der Waals surface area contributed by atoms with Crippen molar-refractivity contribution in [3.05, 3.63) is 40.6 Å². The van der Waals surface area contributed by atoms with Gasteiger partial charge in [0.25, 0.3) is 0 Å². The fraction of sp³-hybridized carbons (Fsp3) is 0.273. The summed E-state index contributed by atoms with van der Waals surface area (Å²) in [5.41, 5.74) is 2.07. The summed E-state index contributed by atoms with van der Waals surface area (Å²) < 4.78 is 11.1. The van der Waals surface area contributed by atoms with Gasteiger partial charge in [-0.05, 0) is 18.6 Å². The van der Waals surface area contributed by atoms with Crippen molar-refractivity contribution in [2.45, 2.75) is 13.3 Å². The van der Waals surface area contributed by atoms with Gasteiger partial charge in [0, 0.05) is 15.8 Å². The van der Waals surface area contributed by atoms with Crippen molar-refractivity contribution in [2.75, 3.05) is 5.75 Å². The van der Waals surface area contributed by atoms with Crippen LogP contribution in [0.5, 0.6) is 0 Å². The van der Waals surface area contributed by atoms with Crippen LogP contribution in [-0.4, -0.2) is 5.75 Å². The summed E-state index contributed by atoms with van der Waals surface area (Å²) in [5.74, 6) is 1.01. The molecular weight excluding hydrogens is 274 g/mol. The Balaban J connectivity index is 2.16. The van der Waals surface area contributed by atoms with E-state index in [0.717, 1.165) is 27.9 Å². The third-order valence-corrected chi connectivity index (χ3v) is 3.99. The van der Waals surface area contributed by atoms with E-state index in [-0.39, 0.29) is 11.0 Å². The van der Waals surface area contributed by atoms with Gasteiger partial charge in [-0.15, -0.1) is 0 Å². The van der Waals surface area contributed by atoms with Crippen molar-refractivity contribution in [3.63, 3.8) is 0 Å². The molecule has 0 bridgehead atoms. The summed E-state index contributed by atoms with van der Waals surface area (Å²) in [6, 6.07) is 8.12. The van der Waals surface area contributed by atoms with Crippen LogP contribution in [0.25, 0.3) is 5.70 Å². The molecule has 4 heteroatoms. The van der Waals surface area contributed by atoms with Crippen molar-refractivity contribution in [3.8, 4) is 0 Å². The predicted octanol–water partition coefficient (Wildman–Crippen LogP) is 3.90. The van der Waals surface area contributed by atoms with E-state index in [0.29, 0.717) is 0 Å². The molecule has 1 aromatic rings. The quantitative estimate of drug-likeness (QED) is 0.825. The zero-order valence-electron chi connectivity index (χ0n) is 8.44. The van der Waals surface area contributed by atoms with Crippen LogP contribution in [0.2, 0.25) is 0 Å². The Morgan fingerprint density at radius 1 is 1.33 bits per heavy atom. The molecule has 1 heterocycles. The van der Waals surface area contributed by atoms with E-state index in [1.165, 1.54) is 0 Å². The zero-order chi connectivity index (χ0) is 10.7. The van der Waals surface area contributed by atoms with Gasteiger partial charge in [-0.1, -0.05) is 35.0 Å². The lowest BCUT2D eigenvalue weighted by Gasteiger charge is -1.97. The average Bonchev–Trinajstić information content (AvgIpc) is 2.68. The summed E-state index contributed by atoms with van der Waals surface area (Å²) in [4.78, 5) is 0. The normalized spacial score (nSPS) is 19.3. The van der Waals surface area contributed by atoms with Gasteiger partial charge in [-0.2, -0.15) is 4.36 Å². The second-order valence-electron chi connectivity index (χ2n) is 3.22. The largest absolute Gasteiger partial charge is 0.422 e. The highest BCUT2D eigenvalue weighted by molar-refractivity contribution is 9.10. The predicted molar refractivity (Wildman–Crippen MR) is 68.2 cm³/mol. The molecule has 0 aromatic heterocycles. The monoisotopic (exact) mass is 285 g/mol. The van der Waals surface area contributed by atoms with E-state index in [9.17, 15) is 0 Å². The molecule has 15 heavy (non-hydrogen) atoms. The highest BCUT2D eigenvalue weighted by atomic mass is 79.9. The lowest BCUT2D eigenvalue weighted by atomic mass is 10.2. The van der Waals surface area contributed by atoms with Crippen LogP contribution in [0.3, 0.4) is 0 Å².